The van der Waals surface area contributed by atoms with E-state index in [2.05, 4.69) is 65.8 Å². The van der Waals surface area contributed by atoms with E-state index in [0.717, 1.165) is 5.56 Å². The van der Waals surface area contributed by atoms with Crippen LogP contribution >= 0.6 is 0 Å². The molecule has 2 nitrogen and oxygen atoms in total. The first kappa shape index (κ1) is 33.3. The van der Waals surface area contributed by atoms with Crippen LogP contribution < -0.4 is 3.58 Å². The second kappa shape index (κ2) is 19.4. The maximum absolute atomic E-state index is 13.5. The Balaban J connectivity index is 3.18. The number of rotatable bonds is 21. The number of carbonyl (C=O) groups is 1. The Morgan fingerprint density at radius 1 is 0.571 bits per heavy atom. The van der Waals surface area contributed by atoms with Crippen LogP contribution in [-0.4, -0.2) is 43.1 Å². The van der Waals surface area contributed by atoms with E-state index in [9.17, 15) is 4.79 Å². The zero-order chi connectivity index (χ0) is 26.0. The van der Waals surface area contributed by atoms with Gasteiger partial charge >= 0.3 is 230 Å². The Kier molecular flexibility index (Phi) is 18.4. The van der Waals surface area contributed by atoms with E-state index in [-0.39, 0.29) is 5.97 Å². The van der Waals surface area contributed by atoms with Gasteiger partial charge in [0.25, 0.3) is 0 Å². The Bertz CT molecular complexity index is 628. The molecule has 0 unspecified atom stereocenters. The van der Waals surface area contributed by atoms with Crippen molar-refractivity contribution in [2.45, 2.75) is 145 Å². The fourth-order valence-electron chi connectivity index (χ4n) is 5.59. The minimum atomic E-state index is -2.94. The van der Waals surface area contributed by atoms with Crippen LogP contribution in [-0.2, 0) is 3.07 Å². The first-order valence-electron chi connectivity index (χ1n) is 15.3. The molecule has 202 valence electrons. The fourth-order valence-corrected chi connectivity index (χ4v) is 34.5. The van der Waals surface area contributed by atoms with E-state index >= 15 is 0 Å². The topological polar surface area (TPSA) is 26.3 Å². The van der Waals surface area contributed by atoms with Crippen molar-refractivity contribution < 1.29 is 7.87 Å². The molecule has 0 aliphatic heterocycles. The van der Waals surface area contributed by atoms with Crippen molar-refractivity contribution in [3.05, 3.63) is 29.8 Å². The summed E-state index contributed by atoms with van der Waals surface area (Å²) < 4.78 is 16.3. The molecule has 0 aromatic heterocycles. The molecule has 0 saturated carbocycles. The van der Waals surface area contributed by atoms with Gasteiger partial charge < -0.3 is 0 Å². The van der Waals surface area contributed by atoms with Crippen molar-refractivity contribution in [3.63, 3.8) is 0 Å². The molecule has 1 rings (SSSR count). The molecule has 0 aliphatic carbocycles. The summed E-state index contributed by atoms with van der Waals surface area (Å²) in [5, 5.41) is 0. The van der Waals surface area contributed by atoms with Gasteiger partial charge in [-0.2, -0.15) is 0 Å². The quantitative estimate of drug-likeness (QED) is 0.119. The van der Waals surface area contributed by atoms with Crippen LogP contribution in [0, 0.1) is 0 Å². The van der Waals surface area contributed by atoms with Gasteiger partial charge in [0.05, 0.1) is 0 Å². The van der Waals surface area contributed by atoms with Crippen molar-refractivity contribution in [1.29, 1.82) is 0 Å². The van der Waals surface area contributed by atoms with Gasteiger partial charge in [0.15, 0.2) is 0 Å². The van der Waals surface area contributed by atoms with E-state index in [1.165, 1.54) is 104 Å². The number of carbonyl (C=O) groups excluding carboxylic acids is 1. The average Bonchev–Trinajstić information content (AvgIpc) is 2.89. The average molecular weight is 700 g/mol. The zero-order valence-corrected chi connectivity index (χ0v) is 30.1. The third kappa shape index (κ3) is 11.7. The molecule has 0 heterocycles. The molecule has 1 aromatic rings. The second-order valence-electron chi connectivity index (χ2n) is 11.1. The SMILES string of the molecule is CCC[CH2][Sn]([CH2]CCC)([CH2]CCC)[O]C(=O)c1cc[c]([Sn]([CH2]CCC)([CH2]CCC)[CH2]CCC)cc1. The molecule has 0 N–H and O–H groups in total. The standard InChI is InChI=1S/C7H5O2.6C4H9.2Sn/c8-7(9)6-4-2-1-3-5-6;6*1-3-4-2;;/h2-5H,(H,8,9);6*1,3-4H2,2H3;;/q;;;;;;;;+1/p-1. The molecular weight excluding hydrogens is 642 g/mol. The fraction of sp³-hybridized carbons (Fsp3) is 0.774. The van der Waals surface area contributed by atoms with Crippen LogP contribution in [0.5, 0.6) is 0 Å². The maximum atomic E-state index is 13.5. The van der Waals surface area contributed by atoms with Crippen LogP contribution in [0.3, 0.4) is 0 Å². The van der Waals surface area contributed by atoms with Gasteiger partial charge in [-0.25, -0.2) is 0 Å². The molecule has 0 spiro atoms. The van der Waals surface area contributed by atoms with Crippen molar-refractivity contribution >= 4 is 46.7 Å². The molecular formula is C31H58O2Sn2. The van der Waals surface area contributed by atoms with Crippen LogP contribution in [0.15, 0.2) is 24.3 Å². The molecule has 0 amide bonds. The van der Waals surface area contributed by atoms with Crippen molar-refractivity contribution in [1.82, 2.24) is 0 Å². The summed E-state index contributed by atoms with van der Waals surface area (Å²) in [4.78, 5) is 13.5. The van der Waals surface area contributed by atoms with Gasteiger partial charge in [0, 0.05) is 0 Å². The summed E-state index contributed by atoms with van der Waals surface area (Å²) in [5.41, 5.74) is 0.806. The molecule has 0 saturated heterocycles. The van der Waals surface area contributed by atoms with Crippen LogP contribution in [0.2, 0.25) is 26.6 Å². The Morgan fingerprint density at radius 3 is 1.26 bits per heavy atom. The van der Waals surface area contributed by atoms with Gasteiger partial charge in [-0.1, -0.05) is 0 Å². The van der Waals surface area contributed by atoms with E-state index in [0.29, 0.717) is 0 Å². The predicted octanol–water partition coefficient (Wildman–Crippen LogP) is 10.2. The normalized spacial score (nSPS) is 12.2. The van der Waals surface area contributed by atoms with Crippen LogP contribution in [0.25, 0.3) is 0 Å². The number of hydrogen-bond acceptors (Lipinski definition) is 2. The number of benzene rings is 1. The molecule has 0 aliphatic rings. The summed E-state index contributed by atoms with van der Waals surface area (Å²) >= 11 is -5.39. The van der Waals surface area contributed by atoms with Gasteiger partial charge in [0.1, 0.15) is 0 Å². The molecule has 0 fully saturated rings. The Morgan fingerprint density at radius 2 is 0.914 bits per heavy atom. The van der Waals surface area contributed by atoms with E-state index in [1.54, 1.807) is 3.58 Å². The monoisotopic (exact) mass is 702 g/mol. The van der Waals surface area contributed by atoms with Crippen molar-refractivity contribution in [2.75, 3.05) is 0 Å². The van der Waals surface area contributed by atoms with E-state index in [4.69, 9.17) is 3.07 Å². The summed E-state index contributed by atoms with van der Waals surface area (Å²) in [6.45, 7) is 13.8. The minimum absolute atomic E-state index is 0.00728. The van der Waals surface area contributed by atoms with Gasteiger partial charge in [-0.3, -0.25) is 0 Å². The second-order valence-corrected chi connectivity index (χ2v) is 35.9. The summed E-state index contributed by atoms with van der Waals surface area (Å²) in [6, 6.07) is 9.02. The molecule has 1 aromatic carbocycles. The summed E-state index contributed by atoms with van der Waals surface area (Å²) in [6.07, 6.45) is 15.3. The molecule has 0 radical (unpaired) electrons. The van der Waals surface area contributed by atoms with Gasteiger partial charge in [-0.05, 0) is 0 Å². The molecule has 35 heavy (non-hydrogen) atoms. The third-order valence-electron chi connectivity index (χ3n) is 8.03. The third-order valence-corrected chi connectivity index (χ3v) is 36.3. The molecule has 4 heteroatoms. The zero-order valence-electron chi connectivity index (χ0n) is 24.4. The Labute approximate surface area is 228 Å². The van der Waals surface area contributed by atoms with Crippen molar-refractivity contribution in [3.8, 4) is 0 Å². The van der Waals surface area contributed by atoms with E-state index in [1.807, 2.05) is 0 Å². The van der Waals surface area contributed by atoms with Crippen LogP contribution in [0.1, 0.15) is 129 Å². The summed E-state index contributed by atoms with van der Waals surface area (Å²) in [5.74, 6) is -0.00728. The first-order valence-corrected chi connectivity index (χ1v) is 30.0. The number of hydrogen-bond donors (Lipinski definition) is 0. The first-order chi connectivity index (χ1) is 17.0. The van der Waals surface area contributed by atoms with Crippen molar-refractivity contribution in [2.24, 2.45) is 0 Å². The van der Waals surface area contributed by atoms with Gasteiger partial charge in [0.2, 0.25) is 0 Å². The summed E-state index contributed by atoms with van der Waals surface area (Å²) in [7, 11) is 0. The van der Waals surface area contributed by atoms with E-state index < -0.39 is 37.2 Å². The molecule has 0 bridgehead atoms. The Hall–Kier alpha value is 0.287. The molecule has 0 atom stereocenters. The number of unbranched alkanes of at least 4 members (excludes halogenated alkanes) is 6. The van der Waals surface area contributed by atoms with Crippen LogP contribution in [0.4, 0.5) is 0 Å². The predicted molar refractivity (Wildman–Crippen MR) is 161 cm³/mol. The van der Waals surface area contributed by atoms with Gasteiger partial charge in [-0.15, -0.1) is 0 Å².